The summed E-state index contributed by atoms with van der Waals surface area (Å²) in [6.07, 6.45) is 14.0. The number of hydrogen-bond donors (Lipinski definition) is 2. The summed E-state index contributed by atoms with van der Waals surface area (Å²) in [5.41, 5.74) is 0.956. The Balaban J connectivity index is 0.000000124. The Morgan fingerprint density at radius 3 is 1.63 bits per heavy atom. The SMILES string of the molecule is Fc1cc(F)cc(C2CC3CC3N2)c1.N#Cc1cnc(OCC23CC(C(=O)N4[C@@H]5C[C@@H]5C[C@H]4c4cc(F)cc(F)c4)(C2)C3)cn1.N#Cc1cnc(OCC23CC(C(=O)O)(C2)C3)cn1. The fraction of sp³-hybridized carbons (Fsp3) is 0.478. The molecule has 8 aliphatic carbocycles. The van der Waals surface area contributed by atoms with E-state index in [1.54, 1.807) is 0 Å². The predicted molar refractivity (Wildman–Crippen MR) is 211 cm³/mol. The maximum Gasteiger partial charge on any atom is 0.309 e. The number of carbonyl (C=O) groups is 2. The van der Waals surface area contributed by atoms with Gasteiger partial charge in [0.2, 0.25) is 17.7 Å². The fourth-order valence-corrected chi connectivity index (χ4v) is 11.5. The van der Waals surface area contributed by atoms with Gasteiger partial charge in [-0.2, -0.15) is 10.5 Å². The van der Waals surface area contributed by atoms with Gasteiger partial charge in [0.1, 0.15) is 35.4 Å². The van der Waals surface area contributed by atoms with Crippen molar-refractivity contribution in [2.24, 2.45) is 33.5 Å². The van der Waals surface area contributed by atoms with E-state index in [-0.39, 0.29) is 51.7 Å². The molecule has 14 rings (SSSR count). The van der Waals surface area contributed by atoms with Gasteiger partial charge >= 0.3 is 5.97 Å². The third-order valence-corrected chi connectivity index (χ3v) is 14.5. The highest BCUT2D eigenvalue weighted by Crippen LogP contribution is 2.75. The number of amides is 1. The van der Waals surface area contributed by atoms with Crippen LogP contribution in [0.2, 0.25) is 0 Å². The van der Waals surface area contributed by atoms with Crippen molar-refractivity contribution in [2.75, 3.05) is 13.2 Å². The summed E-state index contributed by atoms with van der Waals surface area (Å²) in [5.74, 6) is -0.794. The number of aromatic nitrogens is 4. The number of nitrogens with zero attached hydrogens (tertiary/aromatic N) is 7. The Morgan fingerprint density at radius 2 is 1.19 bits per heavy atom. The van der Waals surface area contributed by atoms with Crippen molar-refractivity contribution in [3.05, 3.63) is 107 Å². The quantitative estimate of drug-likeness (QED) is 0.157. The number of carboxylic acids is 1. The zero-order valence-corrected chi connectivity index (χ0v) is 33.9. The van der Waals surface area contributed by atoms with Crippen LogP contribution < -0.4 is 14.8 Å². The van der Waals surface area contributed by atoms with Crippen molar-refractivity contribution in [2.45, 2.75) is 88.4 Å². The molecule has 17 heteroatoms. The molecule has 2 aromatic heterocycles. The summed E-state index contributed by atoms with van der Waals surface area (Å²) in [4.78, 5) is 42.2. The molecule has 4 bridgehead atoms. The lowest BCUT2D eigenvalue weighted by molar-refractivity contribution is -0.231. The number of aliphatic carboxylic acids is 1. The van der Waals surface area contributed by atoms with Gasteiger partial charge in [0.25, 0.3) is 0 Å². The third kappa shape index (κ3) is 7.60. The second-order valence-electron chi connectivity index (χ2n) is 19.2. The van der Waals surface area contributed by atoms with Gasteiger partial charge < -0.3 is 24.8 Å². The predicted octanol–water partition coefficient (Wildman–Crippen LogP) is 6.91. The van der Waals surface area contributed by atoms with Crippen LogP contribution in [0.5, 0.6) is 11.8 Å². The smallest absolute Gasteiger partial charge is 0.309 e. The Hall–Kier alpha value is -6.20. The Bertz CT molecular complexity index is 2490. The molecular weight excluding hydrogens is 821 g/mol. The molecule has 6 atom stereocenters. The number of halogens is 4. The van der Waals surface area contributed by atoms with Crippen LogP contribution in [0.25, 0.3) is 0 Å². The number of rotatable bonds is 10. The number of fused-ring (bicyclic) bond motifs is 2. The van der Waals surface area contributed by atoms with Gasteiger partial charge in [-0.25, -0.2) is 37.5 Å². The molecule has 0 spiro atoms. The lowest BCUT2D eigenvalue weighted by Crippen LogP contribution is -2.70. The summed E-state index contributed by atoms with van der Waals surface area (Å²) in [7, 11) is 0. The van der Waals surface area contributed by atoms with E-state index in [4.69, 9.17) is 25.1 Å². The molecule has 324 valence electrons. The first kappa shape index (κ1) is 40.8. The van der Waals surface area contributed by atoms with Crippen molar-refractivity contribution in [1.29, 1.82) is 10.5 Å². The van der Waals surface area contributed by atoms with E-state index in [0.29, 0.717) is 61.8 Å². The first-order chi connectivity index (χ1) is 30.2. The van der Waals surface area contributed by atoms with Crippen LogP contribution in [0.4, 0.5) is 17.6 Å². The molecule has 3 unspecified atom stereocenters. The summed E-state index contributed by atoms with van der Waals surface area (Å²) < 4.78 is 64.6. The Labute approximate surface area is 359 Å². The molecule has 2 aromatic carbocycles. The standard InChI is InChI=1S/C23H20F2N4O2.C12H11N3O3.C11H11F2N/c24-15-1-13(2-16(25)5-15)18-3-14-4-19(14)29(18)21(30)23-9-22(10-23,11-23)12-31-20-8-27-17(6-26)7-28-20;13-1-8-2-15-9(3-14-8)18-7-11-4-12(5-11,6-11)10(16)17;12-8-1-6(2-9(13)5-8)10-3-7-4-11(7)14-10/h1-2,5,7-8,14,18-19H,3-4,9-12H2;2-3H,4-7H2,(H,16,17);1-2,5,7,10-11,14H,3-4H2/t14-,18-,19+,22?,23?;;/m0../s1. The number of likely N-dealkylation sites (tertiary alicyclic amines) is 1. The van der Waals surface area contributed by atoms with Crippen molar-refractivity contribution in [1.82, 2.24) is 30.2 Å². The molecule has 2 N–H and O–H groups in total. The molecule has 4 heterocycles. The highest BCUT2D eigenvalue weighted by Gasteiger charge is 2.74. The van der Waals surface area contributed by atoms with Crippen molar-refractivity contribution >= 4 is 11.9 Å². The van der Waals surface area contributed by atoms with E-state index >= 15 is 0 Å². The largest absolute Gasteiger partial charge is 0.481 e. The van der Waals surface area contributed by atoms with E-state index < -0.39 is 34.7 Å². The molecular formula is C46H42F4N8O5. The molecule has 1 amide bonds. The average Bonchev–Trinajstić information content (AvgIpc) is 4.06. The zero-order valence-electron chi connectivity index (χ0n) is 33.9. The second kappa shape index (κ2) is 15.0. The number of carboxylic acid groups (broad SMARTS) is 1. The van der Waals surface area contributed by atoms with Crippen molar-refractivity contribution in [3.63, 3.8) is 0 Å². The first-order valence-electron chi connectivity index (χ1n) is 21.1. The second-order valence-corrected chi connectivity index (χ2v) is 19.2. The fourth-order valence-electron chi connectivity index (χ4n) is 11.5. The summed E-state index contributed by atoms with van der Waals surface area (Å²) in [5, 5.41) is 29.7. The number of nitrogens with one attached hydrogen (secondary N) is 1. The van der Waals surface area contributed by atoms with E-state index in [2.05, 4.69) is 25.3 Å². The van der Waals surface area contributed by atoms with Crippen LogP contribution in [0.1, 0.15) is 98.8 Å². The van der Waals surface area contributed by atoms with Gasteiger partial charge in [-0.05, 0) is 111 Å². The van der Waals surface area contributed by atoms with Crippen LogP contribution in [-0.2, 0) is 9.59 Å². The van der Waals surface area contributed by atoms with Crippen LogP contribution in [0, 0.1) is 79.4 Å². The van der Waals surface area contributed by atoms with Gasteiger partial charge in [-0.3, -0.25) is 9.59 Å². The highest BCUT2D eigenvalue weighted by atomic mass is 19.1. The topological polar surface area (TPSA) is 187 Å². The van der Waals surface area contributed by atoms with Gasteiger partial charge in [0, 0.05) is 41.1 Å². The number of nitriles is 2. The molecule has 13 nitrogen and oxygen atoms in total. The number of carbonyl (C=O) groups excluding carboxylic acids is 1. The zero-order chi connectivity index (χ0) is 43.9. The van der Waals surface area contributed by atoms with Gasteiger partial charge in [-0.15, -0.1) is 0 Å². The molecule has 63 heavy (non-hydrogen) atoms. The minimum Gasteiger partial charge on any atom is -0.481 e. The maximum atomic E-state index is 13.8. The highest BCUT2D eigenvalue weighted by molar-refractivity contribution is 5.88. The normalized spacial score (nSPS) is 33.5. The molecule has 2 aliphatic heterocycles. The Morgan fingerprint density at radius 1 is 0.683 bits per heavy atom. The van der Waals surface area contributed by atoms with Crippen LogP contribution in [0.15, 0.2) is 61.2 Å². The summed E-state index contributed by atoms with van der Waals surface area (Å²) in [6.45, 7) is 0.940. The molecule has 8 saturated carbocycles. The van der Waals surface area contributed by atoms with Gasteiger partial charge in [-0.1, -0.05) is 0 Å². The summed E-state index contributed by atoms with van der Waals surface area (Å²) in [6, 6.07) is 11.9. The number of piperidine rings is 2. The van der Waals surface area contributed by atoms with Crippen LogP contribution >= 0.6 is 0 Å². The van der Waals surface area contributed by atoms with E-state index in [1.807, 2.05) is 17.0 Å². The summed E-state index contributed by atoms with van der Waals surface area (Å²) >= 11 is 0. The first-order valence-corrected chi connectivity index (χ1v) is 21.1. The van der Waals surface area contributed by atoms with Crippen LogP contribution in [0.3, 0.4) is 0 Å². The number of hydrogen-bond acceptors (Lipinski definition) is 11. The van der Waals surface area contributed by atoms with Gasteiger partial charge in [0.15, 0.2) is 11.4 Å². The number of benzene rings is 2. The molecule has 2 saturated heterocycles. The third-order valence-electron chi connectivity index (χ3n) is 14.5. The monoisotopic (exact) mass is 862 g/mol. The van der Waals surface area contributed by atoms with E-state index in [1.165, 1.54) is 55.5 Å². The minimum atomic E-state index is -0.692. The molecule has 10 fully saturated rings. The van der Waals surface area contributed by atoms with E-state index in [9.17, 15) is 27.2 Å². The minimum absolute atomic E-state index is 0.0195. The van der Waals surface area contributed by atoms with Crippen molar-refractivity contribution < 1.29 is 41.7 Å². The lowest BCUT2D eigenvalue weighted by atomic mass is 9.35. The molecule has 4 aromatic rings. The van der Waals surface area contributed by atoms with Gasteiger partial charge in [0.05, 0.1) is 54.9 Å². The molecule has 0 radical (unpaired) electrons. The average molecular weight is 863 g/mol. The number of ether oxygens (including phenoxy) is 2. The molecule has 10 aliphatic rings. The Kier molecular flexibility index (Phi) is 9.71. The maximum absolute atomic E-state index is 13.8. The van der Waals surface area contributed by atoms with Crippen LogP contribution in [-0.4, -0.2) is 67.1 Å². The van der Waals surface area contributed by atoms with E-state index in [0.717, 1.165) is 62.1 Å². The van der Waals surface area contributed by atoms with Crippen molar-refractivity contribution in [3.8, 4) is 23.9 Å². The lowest BCUT2D eigenvalue weighted by Gasteiger charge is -2.69.